The summed E-state index contributed by atoms with van der Waals surface area (Å²) in [4.78, 5) is 13.5. The van der Waals surface area contributed by atoms with Gasteiger partial charge in [-0.1, -0.05) is 29.5 Å². The van der Waals surface area contributed by atoms with Gasteiger partial charge < -0.3 is 15.1 Å². The van der Waals surface area contributed by atoms with Crippen LogP contribution in [0.3, 0.4) is 0 Å². The molecule has 0 saturated heterocycles. The van der Waals surface area contributed by atoms with Gasteiger partial charge >= 0.3 is 0 Å². The molecule has 0 bridgehead atoms. The Bertz CT molecular complexity index is 641. The lowest BCUT2D eigenvalue weighted by atomic mass is 10.1. The highest BCUT2D eigenvalue weighted by atomic mass is 16.3. The van der Waals surface area contributed by atoms with Crippen molar-refractivity contribution in [1.82, 2.24) is 19.9 Å². The molecule has 0 spiro atoms. The second kappa shape index (κ2) is 7.15. The molecule has 2 aromatic rings. The zero-order valence-corrected chi connectivity index (χ0v) is 12.7. The van der Waals surface area contributed by atoms with Crippen LogP contribution >= 0.6 is 0 Å². The molecular weight excluding hydrogens is 284 g/mol. The lowest BCUT2D eigenvalue weighted by molar-refractivity contribution is 0.0516. The van der Waals surface area contributed by atoms with Crippen molar-refractivity contribution in [3.05, 3.63) is 47.3 Å². The Hall–Kier alpha value is -2.25. The SMILES string of the molecule is Cc1ccccc1Cn1cc(C(=O)N(C)CC(O)CO)nn1. The van der Waals surface area contributed by atoms with Gasteiger partial charge in [0.25, 0.3) is 5.91 Å². The van der Waals surface area contributed by atoms with Gasteiger partial charge in [-0.2, -0.15) is 0 Å². The molecule has 1 aromatic carbocycles. The quantitative estimate of drug-likeness (QED) is 0.787. The van der Waals surface area contributed by atoms with Crippen molar-refractivity contribution >= 4 is 5.91 Å². The summed E-state index contributed by atoms with van der Waals surface area (Å²) < 4.78 is 1.60. The van der Waals surface area contributed by atoms with Gasteiger partial charge in [0.1, 0.15) is 0 Å². The number of hydrogen-bond acceptors (Lipinski definition) is 5. The fourth-order valence-corrected chi connectivity index (χ4v) is 2.09. The number of aliphatic hydroxyl groups is 2. The van der Waals surface area contributed by atoms with Crippen LogP contribution < -0.4 is 0 Å². The average Bonchev–Trinajstić information content (AvgIpc) is 2.97. The molecule has 1 aromatic heterocycles. The van der Waals surface area contributed by atoms with E-state index in [1.807, 2.05) is 31.2 Å². The number of carbonyl (C=O) groups excluding carboxylic acids is 1. The minimum absolute atomic E-state index is 0.0417. The summed E-state index contributed by atoms with van der Waals surface area (Å²) in [5.74, 6) is -0.344. The minimum Gasteiger partial charge on any atom is -0.394 e. The first kappa shape index (κ1) is 16.1. The van der Waals surface area contributed by atoms with Gasteiger partial charge in [0.05, 0.1) is 25.5 Å². The summed E-state index contributed by atoms with van der Waals surface area (Å²) in [7, 11) is 1.54. The zero-order chi connectivity index (χ0) is 16.1. The Morgan fingerprint density at radius 3 is 2.82 bits per heavy atom. The van der Waals surface area contributed by atoms with Gasteiger partial charge in [-0.05, 0) is 18.1 Å². The molecule has 0 aliphatic carbocycles. The van der Waals surface area contributed by atoms with Crippen molar-refractivity contribution in [3.8, 4) is 0 Å². The smallest absolute Gasteiger partial charge is 0.275 e. The Balaban J connectivity index is 2.05. The van der Waals surface area contributed by atoms with E-state index >= 15 is 0 Å². The maximum absolute atomic E-state index is 12.1. The molecule has 0 fully saturated rings. The Kier molecular flexibility index (Phi) is 5.24. The van der Waals surface area contributed by atoms with E-state index in [0.29, 0.717) is 6.54 Å². The van der Waals surface area contributed by atoms with E-state index in [1.165, 1.54) is 4.90 Å². The van der Waals surface area contributed by atoms with Gasteiger partial charge in [-0.25, -0.2) is 4.68 Å². The van der Waals surface area contributed by atoms with Crippen LogP contribution in [0.4, 0.5) is 0 Å². The van der Waals surface area contributed by atoms with Gasteiger partial charge in [0.2, 0.25) is 0 Å². The molecule has 118 valence electrons. The highest BCUT2D eigenvalue weighted by molar-refractivity contribution is 5.91. The fourth-order valence-electron chi connectivity index (χ4n) is 2.09. The van der Waals surface area contributed by atoms with Crippen LogP contribution in [0.1, 0.15) is 21.6 Å². The van der Waals surface area contributed by atoms with Gasteiger partial charge in [-0.3, -0.25) is 4.79 Å². The maximum Gasteiger partial charge on any atom is 0.275 e. The standard InChI is InChI=1S/C15H20N4O3/c1-11-5-3-4-6-12(11)7-19-9-14(16-17-19)15(22)18(2)8-13(21)10-20/h3-6,9,13,20-21H,7-8,10H2,1-2H3. The van der Waals surface area contributed by atoms with Crippen molar-refractivity contribution < 1.29 is 15.0 Å². The molecule has 1 unspecified atom stereocenters. The normalized spacial score (nSPS) is 12.2. The summed E-state index contributed by atoms with van der Waals surface area (Å²) in [5, 5.41) is 26.0. The predicted octanol–water partition coefficient (Wildman–Crippen LogP) is 0.0600. The molecule has 1 amide bonds. The number of benzene rings is 1. The summed E-state index contributed by atoms with van der Waals surface area (Å²) in [6.07, 6.45) is 0.618. The van der Waals surface area contributed by atoms with Crippen molar-refractivity contribution in [2.45, 2.75) is 19.6 Å². The van der Waals surface area contributed by atoms with Gasteiger partial charge in [0.15, 0.2) is 5.69 Å². The Labute approximate surface area is 128 Å². The lowest BCUT2D eigenvalue weighted by Crippen LogP contribution is -2.36. The zero-order valence-electron chi connectivity index (χ0n) is 12.7. The molecule has 7 nitrogen and oxygen atoms in total. The third-order valence-corrected chi connectivity index (χ3v) is 3.39. The number of aromatic nitrogens is 3. The summed E-state index contributed by atoms with van der Waals surface area (Å²) in [5.41, 5.74) is 2.46. The number of likely N-dealkylation sites (N-methyl/N-ethyl adjacent to an activating group) is 1. The molecule has 0 radical (unpaired) electrons. The lowest BCUT2D eigenvalue weighted by Gasteiger charge is -2.18. The first-order valence-electron chi connectivity index (χ1n) is 7.00. The van der Waals surface area contributed by atoms with Crippen LogP contribution in [0.5, 0.6) is 0 Å². The van der Waals surface area contributed by atoms with E-state index in [4.69, 9.17) is 5.11 Å². The Morgan fingerprint density at radius 1 is 1.41 bits per heavy atom. The molecule has 0 saturated carbocycles. The highest BCUT2D eigenvalue weighted by Crippen LogP contribution is 2.09. The fraction of sp³-hybridized carbons (Fsp3) is 0.400. The van der Waals surface area contributed by atoms with E-state index in [2.05, 4.69) is 10.3 Å². The monoisotopic (exact) mass is 304 g/mol. The number of rotatable bonds is 6. The van der Waals surface area contributed by atoms with E-state index < -0.39 is 12.7 Å². The van der Waals surface area contributed by atoms with Gasteiger partial charge in [0, 0.05) is 13.6 Å². The van der Waals surface area contributed by atoms with Crippen molar-refractivity contribution in [2.75, 3.05) is 20.2 Å². The van der Waals surface area contributed by atoms with Crippen molar-refractivity contribution in [3.63, 3.8) is 0 Å². The molecule has 22 heavy (non-hydrogen) atoms. The van der Waals surface area contributed by atoms with E-state index in [0.717, 1.165) is 11.1 Å². The molecular formula is C15H20N4O3. The number of nitrogens with zero attached hydrogens (tertiary/aromatic N) is 4. The summed E-state index contributed by atoms with van der Waals surface area (Å²) in [6.45, 7) is 2.20. The first-order chi connectivity index (χ1) is 10.5. The molecule has 1 heterocycles. The van der Waals surface area contributed by atoms with Crippen LogP contribution in [-0.2, 0) is 6.54 Å². The molecule has 2 N–H and O–H groups in total. The van der Waals surface area contributed by atoms with E-state index in [-0.39, 0.29) is 18.1 Å². The first-order valence-corrected chi connectivity index (χ1v) is 7.00. The van der Waals surface area contributed by atoms with Crippen LogP contribution in [0.25, 0.3) is 0 Å². The van der Waals surface area contributed by atoms with Crippen LogP contribution in [0.2, 0.25) is 0 Å². The molecule has 7 heteroatoms. The largest absolute Gasteiger partial charge is 0.394 e. The number of aliphatic hydroxyl groups excluding tert-OH is 2. The van der Waals surface area contributed by atoms with Crippen molar-refractivity contribution in [2.24, 2.45) is 0 Å². The van der Waals surface area contributed by atoms with Crippen LogP contribution in [0.15, 0.2) is 30.5 Å². The summed E-state index contributed by atoms with van der Waals surface area (Å²) in [6, 6.07) is 7.94. The van der Waals surface area contributed by atoms with Crippen molar-refractivity contribution in [1.29, 1.82) is 0 Å². The second-order valence-corrected chi connectivity index (χ2v) is 5.25. The van der Waals surface area contributed by atoms with Crippen LogP contribution in [0, 0.1) is 6.92 Å². The number of aryl methyl sites for hydroxylation is 1. The number of hydrogen-bond donors (Lipinski definition) is 2. The Morgan fingerprint density at radius 2 is 2.14 bits per heavy atom. The number of amides is 1. The average molecular weight is 304 g/mol. The molecule has 0 aliphatic rings. The molecule has 0 aliphatic heterocycles. The minimum atomic E-state index is -0.962. The molecule has 1 atom stereocenters. The topological polar surface area (TPSA) is 91.5 Å². The third-order valence-electron chi connectivity index (χ3n) is 3.39. The van der Waals surface area contributed by atoms with Crippen LogP contribution in [-0.4, -0.2) is 62.3 Å². The summed E-state index contributed by atoms with van der Waals surface area (Å²) >= 11 is 0. The van der Waals surface area contributed by atoms with E-state index in [1.54, 1.807) is 17.9 Å². The number of carbonyl (C=O) groups is 1. The third kappa shape index (κ3) is 3.90. The highest BCUT2D eigenvalue weighted by Gasteiger charge is 2.18. The predicted molar refractivity (Wildman–Crippen MR) is 80.4 cm³/mol. The van der Waals surface area contributed by atoms with Gasteiger partial charge in [-0.15, -0.1) is 5.10 Å². The molecule has 2 rings (SSSR count). The van der Waals surface area contributed by atoms with E-state index in [9.17, 15) is 9.90 Å². The maximum atomic E-state index is 12.1. The second-order valence-electron chi connectivity index (χ2n) is 5.25.